The third kappa shape index (κ3) is 5.58. The van der Waals surface area contributed by atoms with Crippen LogP contribution in [0.1, 0.15) is 23.6 Å². The van der Waals surface area contributed by atoms with Gasteiger partial charge in [-0.3, -0.25) is 4.99 Å². The predicted octanol–water partition coefficient (Wildman–Crippen LogP) is 1.76. The quantitative estimate of drug-likeness (QED) is 0.540. The van der Waals surface area contributed by atoms with Crippen LogP contribution in [-0.2, 0) is 29.5 Å². The number of nitrogens with one attached hydrogen (secondary N) is 2. The highest BCUT2D eigenvalue weighted by Gasteiger charge is 2.08. The van der Waals surface area contributed by atoms with Crippen LogP contribution in [0.15, 0.2) is 58.4 Å². The maximum absolute atomic E-state index is 11.4. The van der Waals surface area contributed by atoms with E-state index in [9.17, 15) is 8.42 Å². The van der Waals surface area contributed by atoms with E-state index >= 15 is 0 Å². The van der Waals surface area contributed by atoms with Crippen molar-refractivity contribution in [2.75, 3.05) is 7.05 Å². The number of aliphatic imine (C=N–C) groups is 1. The minimum absolute atomic E-state index is 0.103. The van der Waals surface area contributed by atoms with Crippen LogP contribution in [0.25, 0.3) is 0 Å². The molecule has 0 bridgehead atoms. The van der Waals surface area contributed by atoms with E-state index in [2.05, 4.69) is 34.7 Å². The predicted molar refractivity (Wildman–Crippen MR) is 101 cm³/mol. The van der Waals surface area contributed by atoms with Gasteiger partial charge in [0.25, 0.3) is 0 Å². The van der Waals surface area contributed by atoms with Gasteiger partial charge in [-0.05, 0) is 35.2 Å². The molecule has 0 heterocycles. The Morgan fingerprint density at radius 2 is 1.72 bits per heavy atom. The number of hydrogen-bond donors (Lipinski definition) is 3. The summed E-state index contributed by atoms with van der Waals surface area (Å²) in [5.41, 5.74) is 3.33. The first kappa shape index (κ1) is 19.0. The third-order valence-electron chi connectivity index (χ3n) is 3.86. The fourth-order valence-corrected chi connectivity index (χ4v) is 3.08. The summed E-state index contributed by atoms with van der Waals surface area (Å²) in [6.45, 7) is 3.24. The Balaban J connectivity index is 1.97. The second kappa shape index (κ2) is 8.64. The maximum Gasteiger partial charge on any atom is 0.238 e. The van der Waals surface area contributed by atoms with Crippen LogP contribution in [0.3, 0.4) is 0 Å². The molecule has 4 N–H and O–H groups in total. The van der Waals surface area contributed by atoms with E-state index in [4.69, 9.17) is 5.14 Å². The van der Waals surface area contributed by atoms with E-state index in [1.54, 1.807) is 19.2 Å². The molecule has 2 rings (SSSR count). The lowest BCUT2D eigenvalue weighted by molar-refractivity contribution is 0.597. The summed E-state index contributed by atoms with van der Waals surface area (Å²) in [4.78, 5) is 4.30. The van der Waals surface area contributed by atoms with E-state index in [0.717, 1.165) is 12.0 Å². The molecule has 2 aromatic carbocycles. The molecule has 2 aromatic rings. The minimum Gasteiger partial charge on any atom is -0.352 e. The standard InChI is InChI=1S/C18H24N4O2S/c1-3-15-8-4-5-9-16(15)13-22-18(20-2)21-12-14-7-6-10-17(11-14)25(19,23)24/h4-11H,3,12-13H2,1-2H3,(H2,19,23,24)(H2,20,21,22). The molecule has 0 unspecified atom stereocenters. The molecule has 0 fully saturated rings. The van der Waals surface area contributed by atoms with Crippen molar-refractivity contribution in [1.82, 2.24) is 10.6 Å². The Bertz CT molecular complexity index is 848. The lowest BCUT2D eigenvalue weighted by Gasteiger charge is -2.14. The molecule has 0 amide bonds. The molecule has 7 heteroatoms. The SMILES string of the molecule is CCc1ccccc1CNC(=NC)NCc1cccc(S(N)(=O)=O)c1. The number of benzene rings is 2. The van der Waals surface area contributed by atoms with Crippen molar-refractivity contribution in [3.63, 3.8) is 0 Å². The number of hydrogen-bond acceptors (Lipinski definition) is 3. The van der Waals surface area contributed by atoms with Gasteiger partial charge < -0.3 is 10.6 Å². The second-order valence-electron chi connectivity index (χ2n) is 5.59. The van der Waals surface area contributed by atoms with Gasteiger partial charge in [-0.2, -0.15) is 0 Å². The number of rotatable bonds is 6. The fraction of sp³-hybridized carbons (Fsp3) is 0.278. The molecule has 0 aliphatic heterocycles. The Morgan fingerprint density at radius 3 is 2.36 bits per heavy atom. The Morgan fingerprint density at radius 1 is 1.04 bits per heavy atom. The summed E-state index contributed by atoms with van der Waals surface area (Å²) >= 11 is 0. The number of sulfonamides is 1. The van der Waals surface area contributed by atoms with E-state index in [1.165, 1.54) is 17.2 Å². The highest BCUT2D eigenvalue weighted by molar-refractivity contribution is 7.89. The van der Waals surface area contributed by atoms with Crippen LogP contribution in [0.4, 0.5) is 0 Å². The van der Waals surface area contributed by atoms with Crippen molar-refractivity contribution >= 4 is 16.0 Å². The summed E-state index contributed by atoms with van der Waals surface area (Å²) in [6.07, 6.45) is 0.976. The fourth-order valence-electron chi connectivity index (χ4n) is 2.49. The molecule has 0 aliphatic rings. The Labute approximate surface area is 149 Å². The van der Waals surface area contributed by atoms with Crippen molar-refractivity contribution in [3.8, 4) is 0 Å². The average Bonchev–Trinajstić information content (AvgIpc) is 2.61. The summed E-state index contributed by atoms with van der Waals surface area (Å²) < 4.78 is 22.8. The molecule has 0 saturated heterocycles. The number of primary sulfonamides is 1. The zero-order valence-corrected chi connectivity index (χ0v) is 15.3. The molecule has 0 radical (unpaired) electrons. The highest BCUT2D eigenvalue weighted by Crippen LogP contribution is 2.10. The minimum atomic E-state index is -3.70. The van der Waals surface area contributed by atoms with Crippen LogP contribution in [-0.4, -0.2) is 21.4 Å². The molecular formula is C18H24N4O2S. The van der Waals surface area contributed by atoms with Crippen molar-refractivity contribution in [2.24, 2.45) is 10.1 Å². The number of nitrogens with two attached hydrogens (primary N) is 1. The van der Waals surface area contributed by atoms with Crippen LogP contribution in [0.2, 0.25) is 0 Å². The number of aryl methyl sites for hydroxylation is 1. The lowest BCUT2D eigenvalue weighted by atomic mass is 10.1. The molecular weight excluding hydrogens is 336 g/mol. The lowest BCUT2D eigenvalue weighted by Crippen LogP contribution is -2.36. The second-order valence-corrected chi connectivity index (χ2v) is 7.16. The van der Waals surface area contributed by atoms with E-state index in [1.807, 2.05) is 18.2 Å². The van der Waals surface area contributed by atoms with Gasteiger partial charge in [0.05, 0.1) is 4.90 Å². The summed E-state index contributed by atoms with van der Waals surface area (Å²) in [5.74, 6) is 0.645. The topological polar surface area (TPSA) is 96.6 Å². The molecule has 0 spiro atoms. The van der Waals surface area contributed by atoms with Crippen LogP contribution < -0.4 is 15.8 Å². The highest BCUT2D eigenvalue weighted by atomic mass is 32.2. The smallest absolute Gasteiger partial charge is 0.238 e. The molecule has 134 valence electrons. The largest absolute Gasteiger partial charge is 0.352 e. The van der Waals surface area contributed by atoms with Crippen molar-refractivity contribution in [2.45, 2.75) is 31.3 Å². The molecule has 0 aliphatic carbocycles. The Hall–Kier alpha value is -2.38. The van der Waals surface area contributed by atoms with Gasteiger partial charge in [-0.1, -0.05) is 43.3 Å². The molecule has 0 aromatic heterocycles. The number of nitrogens with zero attached hydrogens (tertiary/aromatic N) is 1. The van der Waals surface area contributed by atoms with E-state index in [0.29, 0.717) is 19.0 Å². The van der Waals surface area contributed by atoms with E-state index in [-0.39, 0.29) is 4.90 Å². The van der Waals surface area contributed by atoms with Gasteiger partial charge in [0.2, 0.25) is 10.0 Å². The van der Waals surface area contributed by atoms with Gasteiger partial charge in [0.15, 0.2) is 5.96 Å². The third-order valence-corrected chi connectivity index (χ3v) is 4.77. The van der Waals surface area contributed by atoms with Gasteiger partial charge in [-0.15, -0.1) is 0 Å². The van der Waals surface area contributed by atoms with Gasteiger partial charge in [0, 0.05) is 20.1 Å². The summed E-state index contributed by atoms with van der Waals surface area (Å²) in [7, 11) is -2.00. The molecule has 0 atom stereocenters. The molecule has 25 heavy (non-hydrogen) atoms. The summed E-state index contributed by atoms with van der Waals surface area (Å²) in [5, 5.41) is 11.6. The Kier molecular flexibility index (Phi) is 6.55. The zero-order valence-electron chi connectivity index (χ0n) is 14.5. The van der Waals surface area contributed by atoms with Crippen molar-refractivity contribution < 1.29 is 8.42 Å². The monoisotopic (exact) mass is 360 g/mol. The number of guanidine groups is 1. The molecule has 6 nitrogen and oxygen atoms in total. The molecule has 0 saturated carbocycles. The van der Waals surface area contributed by atoms with Crippen molar-refractivity contribution in [1.29, 1.82) is 0 Å². The first-order chi connectivity index (χ1) is 11.9. The first-order valence-corrected chi connectivity index (χ1v) is 9.61. The van der Waals surface area contributed by atoms with Gasteiger partial charge in [-0.25, -0.2) is 13.6 Å². The summed E-state index contributed by atoms with van der Waals surface area (Å²) in [6, 6.07) is 14.8. The van der Waals surface area contributed by atoms with Crippen molar-refractivity contribution in [3.05, 3.63) is 65.2 Å². The van der Waals surface area contributed by atoms with Crippen LogP contribution >= 0.6 is 0 Å². The van der Waals surface area contributed by atoms with E-state index < -0.39 is 10.0 Å². The first-order valence-electron chi connectivity index (χ1n) is 8.07. The maximum atomic E-state index is 11.4. The normalized spacial score (nSPS) is 12.0. The van der Waals surface area contributed by atoms with Crippen LogP contribution in [0.5, 0.6) is 0 Å². The van der Waals surface area contributed by atoms with Crippen LogP contribution in [0, 0.1) is 0 Å². The average molecular weight is 360 g/mol. The van der Waals surface area contributed by atoms with Gasteiger partial charge >= 0.3 is 0 Å². The zero-order chi connectivity index (χ0) is 18.3. The van der Waals surface area contributed by atoms with Gasteiger partial charge in [0.1, 0.15) is 0 Å².